The molecule has 0 amide bonds. The van der Waals surface area contributed by atoms with E-state index in [9.17, 15) is 8.42 Å². The zero-order valence-electron chi connectivity index (χ0n) is 9.35. The highest BCUT2D eigenvalue weighted by atomic mass is 32.2. The van der Waals surface area contributed by atoms with Gasteiger partial charge in [-0.15, -0.1) is 0 Å². The molecule has 0 bridgehead atoms. The van der Waals surface area contributed by atoms with Crippen LogP contribution < -0.4 is 10.5 Å². The number of nitrogens with zero attached hydrogens (tertiary/aromatic N) is 1. The third-order valence-electron chi connectivity index (χ3n) is 1.98. The quantitative estimate of drug-likeness (QED) is 0.851. The molecule has 0 saturated heterocycles. The van der Waals surface area contributed by atoms with Crippen molar-refractivity contribution in [2.75, 3.05) is 18.1 Å². The summed E-state index contributed by atoms with van der Waals surface area (Å²) in [7, 11) is -3.63. The molecule has 1 rings (SSSR count). The van der Waals surface area contributed by atoms with Gasteiger partial charge in [0.1, 0.15) is 0 Å². The molecular formula is C8H15N3O2S3. The molecule has 16 heavy (non-hydrogen) atoms. The summed E-state index contributed by atoms with van der Waals surface area (Å²) in [6, 6.07) is 0. The minimum Gasteiger partial charge on any atom is -0.360 e. The van der Waals surface area contributed by atoms with Gasteiger partial charge in [-0.05, 0) is 20.1 Å². The van der Waals surface area contributed by atoms with Crippen LogP contribution >= 0.6 is 23.1 Å². The van der Waals surface area contributed by atoms with E-state index in [1.54, 1.807) is 11.8 Å². The first kappa shape index (κ1) is 13.8. The summed E-state index contributed by atoms with van der Waals surface area (Å²) in [5.74, 6) is 0. The summed E-state index contributed by atoms with van der Waals surface area (Å²) >= 11 is 2.78. The molecule has 0 radical (unpaired) electrons. The molecule has 0 saturated carbocycles. The maximum atomic E-state index is 11.0. The van der Waals surface area contributed by atoms with E-state index in [1.165, 1.54) is 6.20 Å². The summed E-state index contributed by atoms with van der Waals surface area (Å²) in [5, 5.41) is 8.66. The average molecular weight is 281 g/mol. The van der Waals surface area contributed by atoms with Gasteiger partial charge in [0.05, 0.1) is 6.20 Å². The van der Waals surface area contributed by atoms with E-state index in [1.807, 2.05) is 6.26 Å². The fraction of sp³-hybridized carbons (Fsp3) is 0.625. The van der Waals surface area contributed by atoms with Crippen LogP contribution in [0.3, 0.4) is 0 Å². The number of nitrogens with two attached hydrogens (primary N) is 1. The molecule has 3 N–H and O–H groups in total. The molecule has 0 unspecified atom stereocenters. The number of rotatable bonds is 5. The predicted molar refractivity (Wildman–Crippen MR) is 69.6 cm³/mol. The van der Waals surface area contributed by atoms with Crippen LogP contribution in [0.4, 0.5) is 5.13 Å². The van der Waals surface area contributed by atoms with Crippen LogP contribution in [-0.4, -0.2) is 30.9 Å². The first-order valence-electron chi connectivity index (χ1n) is 4.52. The Labute approximate surface area is 104 Å². The fourth-order valence-electron chi connectivity index (χ4n) is 0.833. The highest BCUT2D eigenvalue weighted by molar-refractivity contribution is 8.00. The van der Waals surface area contributed by atoms with Crippen molar-refractivity contribution >= 4 is 38.3 Å². The lowest BCUT2D eigenvalue weighted by Crippen LogP contribution is -2.25. The second-order valence-corrected chi connectivity index (χ2v) is 8.18. The van der Waals surface area contributed by atoms with Crippen LogP contribution in [0, 0.1) is 0 Å². The molecule has 92 valence electrons. The maximum absolute atomic E-state index is 11.0. The fourth-order valence-corrected chi connectivity index (χ4v) is 2.50. The number of nitrogens with one attached hydrogen (secondary N) is 1. The Kier molecular flexibility index (Phi) is 4.22. The highest BCUT2D eigenvalue weighted by Gasteiger charge is 2.17. The molecule has 1 heterocycles. The topological polar surface area (TPSA) is 85.1 Å². The van der Waals surface area contributed by atoms with Crippen molar-refractivity contribution in [2.45, 2.75) is 22.8 Å². The van der Waals surface area contributed by atoms with Gasteiger partial charge in [-0.2, -0.15) is 11.8 Å². The van der Waals surface area contributed by atoms with Gasteiger partial charge in [-0.1, -0.05) is 11.3 Å². The Morgan fingerprint density at radius 3 is 2.69 bits per heavy atom. The van der Waals surface area contributed by atoms with Crippen molar-refractivity contribution in [2.24, 2.45) is 5.14 Å². The summed E-state index contributed by atoms with van der Waals surface area (Å²) in [5.41, 5.74) is 0. The lowest BCUT2D eigenvalue weighted by atomic mass is 10.2. The van der Waals surface area contributed by atoms with Crippen LogP contribution in [-0.2, 0) is 10.0 Å². The number of sulfonamides is 1. The minimum atomic E-state index is -3.63. The summed E-state index contributed by atoms with van der Waals surface area (Å²) in [6.45, 7) is 4.91. The van der Waals surface area contributed by atoms with Crippen molar-refractivity contribution in [3.05, 3.63) is 6.20 Å². The van der Waals surface area contributed by atoms with Gasteiger partial charge >= 0.3 is 0 Å². The standard InChI is InChI=1S/C8H15N3O2S3/c1-8(2,14-3)5-11-7-10-4-6(15-7)16(9,12)13/h4H,5H2,1-3H3,(H,10,11)(H2,9,12,13). The minimum absolute atomic E-state index is 0.0768. The molecule has 5 nitrogen and oxygen atoms in total. The number of hydrogen-bond acceptors (Lipinski definition) is 6. The second kappa shape index (κ2) is 4.91. The molecular weight excluding hydrogens is 266 g/mol. The molecule has 8 heteroatoms. The van der Waals surface area contributed by atoms with E-state index in [4.69, 9.17) is 5.14 Å². The lowest BCUT2D eigenvalue weighted by Gasteiger charge is -2.21. The van der Waals surface area contributed by atoms with E-state index in [-0.39, 0.29) is 8.96 Å². The van der Waals surface area contributed by atoms with Crippen molar-refractivity contribution in [1.29, 1.82) is 0 Å². The number of thioether (sulfide) groups is 1. The van der Waals surface area contributed by atoms with Gasteiger partial charge in [0.25, 0.3) is 0 Å². The Bertz CT molecular complexity index is 453. The lowest BCUT2D eigenvalue weighted by molar-refractivity contribution is 0.599. The molecule has 1 aromatic heterocycles. The van der Waals surface area contributed by atoms with Crippen LogP contribution in [0.5, 0.6) is 0 Å². The summed E-state index contributed by atoms with van der Waals surface area (Å²) < 4.78 is 22.2. The molecule has 0 aliphatic heterocycles. The van der Waals surface area contributed by atoms with Crippen molar-refractivity contribution in [3.8, 4) is 0 Å². The van der Waals surface area contributed by atoms with Gasteiger partial charge in [0.2, 0.25) is 10.0 Å². The van der Waals surface area contributed by atoms with Crippen LogP contribution in [0.15, 0.2) is 10.4 Å². The Morgan fingerprint density at radius 1 is 1.62 bits per heavy atom. The van der Waals surface area contributed by atoms with Gasteiger partial charge in [-0.3, -0.25) is 0 Å². The maximum Gasteiger partial charge on any atom is 0.249 e. The largest absolute Gasteiger partial charge is 0.360 e. The third kappa shape index (κ3) is 3.93. The van der Waals surface area contributed by atoms with Crippen molar-refractivity contribution in [1.82, 2.24) is 4.98 Å². The molecule has 0 fully saturated rings. The highest BCUT2D eigenvalue weighted by Crippen LogP contribution is 2.25. The predicted octanol–water partition coefficient (Wildman–Crippen LogP) is 1.34. The zero-order chi connectivity index (χ0) is 12.4. The summed E-state index contributed by atoms with van der Waals surface area (Å²) in [6.07, 6.45) is 3.30. The van der Waals surface area contributed by atoms with Crippen molar-refractivity contribution < 1.29 is 8.42 Å². The van der Waals surface area contributed by atoms with Gasteiger partial charge in [-0.25, -0.2) is 18.5 Å². The molecule has 1 aromatic rings. The Balaban J connectivity index is 2.67. The number of hydrogen-bond donors (Lipinski definition) is 2. The molecule has 0 aliphatic rings. The third-order valence-corrected chi connectivity index (χ3v) is 5.60. The molecule has 0 atom stereocenters. The van der Waals surface area contributed by atoms with Crippen LogP contribution in [0.25, 0.3) is 0 Å². The normalized spacial score (nSPS) is 12.8. The molecule has 0 aliphatic carbocycles. The summed E-state index contributed by atoms with van der Waals surface area (Å²) in [4.78, 5) is 3.96. The van der Waals surface area contributed by atoms with Gasteiger partial charge < -0.3 is 5.32 Å². The average Bonchev–Trinajstić information content (AvgIpc) is 2.63. The number of anilines is 1. The first-order valence-corrected chi connectivity index (χ1v) is 8.11. The number of thiazole rings is 1. The monoisotopic (exact) mass is 281 g/mol. The van der Waals surface area contributed by atoms with Crippen LogP contribution in [0.1, 0.15) is 13.8 Å². The number of aromatic nitrogens is 1. The van der Waals surface area contributed by atoms with E-state index in [0.29, 0.717) is 11.7 Å². The SMILES string of the molecule is CSC(C)(C)CNc1ncc(S(N)(=O)=O)s1. The Morgan fingerprint density at radius 2 is 2.25 bits per heavy atom. The molecule has 0 aromatic carbocycles. The van der Waals surface area contributed by atoms with E-state index in [0.717, 1.165) is 11.3 Å². The van der Waals surface area contributed by atoms with Gasteiger partial charge in [0.15, 0.2) is 9.34 Å². The first-order chi connectivity index (χ1) is 7.24. The zero-order valence-corrected chi connectivity index (χ0v) is 11.8. The van der Waals surface area contributed by atoms with E-state index in [2.05, 4.69) is 24.1 Å². The van der Waals surface area contributed by atoms with Gasteiger partial charge in [0, 0.05) is 11.3 Å². The van der Waals surface area contributed by atoms with E-state index >= 15 is 0 Å². The van der Waals surface area contributed by atoms with Crippen LogP contribution in [0.2, 0.25) is 0 Å². The molecule has 0 spiro atoms. The Hall–Kier alpha value is -0.310. The second-order valence-electron chi connectivity index (χ2n) is 3.85. The number of primary sulfonamides is 1. The van der Waals surface area contributed by atoms with E-state index < -0.39 is 10.0 Å². The van der Waals surface area contributed by atoms with Crippen molar-refractivity contribution in [3.63, 3.8) is 0 Å². The smallest absolute Gasteiger partial charge is 0.249 e.